The second-order valence-corrected chi connectivity index (χ2v) is 8.05. The highest BCUT2D eigenvalue weighted by Gasteiger charge is 2.21. The van der Waals surface area contributed by atoms with E-state index < -0.39 is 0 Å². The Kier molecular flexibility index (Phi) is 5.58. The number of amides is 1. The summed E-state index contributed by atoms with van der Waals surface area (Å²) in [4.78, 5) is 19.5. The van der Waals surface area contributed by atoms with Crippen LogP contribution in [0.25, 0.3) is 10.2 Å². The Balaban J connectivity index is 1.60. The summed E-state index contributed by atoms with van der Waals surface area (Å²) in [7, 11) is 0. The van der Waals surface area contributed by atoms with E-state index in [4.69, 9.17) is 9.72 Å². The first kappa shape index (κ1) is 19.2. The molecule has 4 rings (SSSR count). The van der Waals surface area contributed by atoms with Crippen LogP contribution in [0.4, 0.5) is 5.13 Å². The summed E-state index contributed by atoms with van der Waals surface area (Å²) < 4.78 is 6.84. The number of hydrogen-bond acceptors (Lipinski definition) is 4. The van der Waals surface area contributed by atoms with Crippen molar-refractivity contribution in [2.75, 3.05) is 11.5 Å². The van der Waals surface area contributed by atoms with Crippen molar-refractivity contribution in [1.82, 2.24) is 4.98 Å². The molecule has 4 aromatic rings. The average molecular weight is 403 g/mol. The summed E-state index contributed by atoms with van der Waals surface area (Å²) in [6, 6.07) is 23.8. The van der Waals surface area contributed by atoms with Crippen LogP contribution in [0, 0.1) is 13.8 Å². The number of ether oxygens (including phenoxy) is 1. The van der Waals surface area contributed by atoms with Crippen molar-refractivity contribution in [3.63, 3.8) is 0 Å². The zero-order valence-corrected chi connectivity index (χ0v) is 17.3. The van der Waals surface area contributed by atoms with Crippen LogP contribution < -0.4 is 9.64 Å². The van der Waals surface area contributed by atoms with E-state index in [0.717, 1.165) is 21.3 Å². The van der Waals surface area contributed by atoms with E-state index in [1.807, 2.05) is 73.7 Å². The third kappa shape index (κ3) is 4.63. The van der Waals surface area contributed by atoms with Gasteiger partial charge < -0.3 is 4.74 Å². The molecule has 146 valence electrons. The van der Waals surface area contributed by atoms with Crippen LogP contribution in [0.15, 0.2) is 72.8 Å². The smallest absolute Gasteiger partial charge is 0.267 e. The van der Waals surface area contributed by atoms with Gasteiger partial charge in [-0.3, -0.25) is 9.69 Å². The lowest BCUT2D eigenvalue weighted by molar-refractivity contribution is -0.120. The molecule has 0 fully saturated rings. The van der Waals surface area contributed by atoms with Gasteiger partial charge in [-0.1, -0.05) is 59.9 Å². The third-order valence-electron chi connectivity index (χ3n) is 4.60. The fourth-order valence-corrected chi connectivity index (χ4v) is 4.17. The quantitative estimate of drug-likeness (QED) is 0.426. The summed E-state index contributed by atoms with van der Waals surface area (Å²) in [5.41, 5.74) is 4.22. The number of aromatic nitrogens is 1. The van der Waals surface area contributed by atoms with Gasteiger partial charge in [-0.25, -0.2) is 4.98 Å². The van der Waals surface area contributed by atoms with Gasteiger partial charge in [-0.2, -0.15) is 0 Å². The molecule has 0 unspecified atom stereocenters. The van der Waals surface area contributed by atoms with Crippen LogP contribution in [-0.2, 0) is 11.3 Å². The SMILES string of the molecule is Cc1cccc(OCC(=O)N(Cc2ccccc2)c2nc3ccc(C)cc3s2)c1. The number of rotatable bonds is 6. The molecule has 0 aliphatic rings. The number of carbonyl (C=O) groups is 1. The Morgan fingerprint density at radius 3 is 2.55 bits per heavy atom. The second kappa shape index (κ2) is 8.45. The van der Waals surface area contributed by atoms with Gasteiger partial charge in [0.2, 0.25) is 0 Å². The van der Waals surface area contributed by atoms with Gasteiger partial charge in [0.1, 0.15) is 5.75 Å². The molecule has 1 aromatic heterocycles. The summed E-state index contributed by atoms with van der Waals surface area (Å²) >= 11 is 1.53. The van der Waals surface area contributed by atoms with Crippen LogP contribution in [-0.4, -0.2) is 17.5 Å². The minimum atomic E-state index is -0.119. The number of hydrogen-bond donors (Lipinski definition) is 0. The molecule has 1 heterocycles. The lowest BCUT2D eigenvalue weighted by atomic mass is 10.2. The lowest BCUT2D eigenvalue weighted by Crippen LogP contribution is -2.34. The van der Waals surface area contributed by atoms with Crippen molar-refractivity contribution in [1.29, 1.82) is 0 Å². The molecule has 0 atom stereocenters. The fraction of sp³-hybridized carbons (Fsp3) is 0.167. The number of aryl methyl sites for hydroxylation is 2. The summed E-state index contributed by atoms with van der Waals surface area (Å²) in [6.45, 7) is 4.47. The second-order valence-electron chi connectivity index (χ2n) is 7.04. The van der Waals surface area contributed by atoms with E-state index in [2.05, 4.69) is 13.0 Å². The average Bonchev–Trinajstić information content (AvgIpc) is 3.14. The molecule has 1 amide bonds. The highest BCUT2D eigenvalue weighted by atomic mass is 32.1. The lowest BCUT2D eigenvalue weighted by Gasteiger charge is -2.20. The molecule has 0 saturated carbocycles. The Morgan fingerprint density at radius 1 is 0.966 bits per heavy atom. The van der Waals surface area contributed by atoms with Crippen LogP contribution in [0.1, 0.15) is 16.7 Å². The van der Waals surface area contributed by atoms with E-state index in [0.29, 0.717) is 17.4 Å². The van der Waals surface area contributed by atoms with Crippen molar-refractivity contribution in [2.24, 2.45) is 0 Å². The van der Waals surface area contributed by atoms with Crippen LogP contribution in [0.3, 0.4) is 0 Å². The summed E-state index contributed by atoms with van der Waals surface area (Å²) in [5.74, 6) is 0.573. The van der Waals surface area contributed by atoms with Crippen LogP contribution in [0.5, 0.6) is 5.75 Å². The van der Waals surface area contributed by atoms with Gasteiger partial charge in [0.15, 0.2) is 11.7 Å². The zero-order chi connectivity index (χ0) is 20.2. The Labute approximate surface area is 174 Å². The number of nitrogens with zero attached hydrogens (tertiary/aromatic N) is 2. The van der Waals surface area contributed by atoms with E-state index in [-0.39, 0.29) is 12.5 Å². The number of benzene rings is 3. The highest BCUT2D eigenvalue weighted by molar-refractivity contribution is 7.22. The maximum Gasteiger partial charge on any atom is 0.267 e. The first-order valence-corrected chi connectivity index (χ1v) is 10.3. The maximum absolute atomic E-state index is 13.1. The van der Waals surface area contributed by atoms with Crippen molar-refractivity contribution in [3.8, 4) is 5.75 Å². The highest BCUT2D eigenvalue weighted by Crippen LogP contribution is 2.30. The van der Waals surface area contributed by atoms with Crippen molar-refractivity contribution >= 4 is 32.6 Å². The molecule has 0 aliphatic carbocycles. The molecular weight excluding hydrogens is 380 g/mol. The summed E-state index contributed by atoms with van der Waals surface area (Å²) in [6.07, 6.45) is 0. The van der Waals surface area contributed by atoms with E-state index in [1.165, 1.54) is 16.9 Å². The molecule has 0 bridgehead atoms. The molecular formula is C24H22N2O2S. The van der Waals surface area contributed by atoms with Crippen LogP contribution in [0.2, 0.25) is 0 Å². The van der Waals surface area contributed by atoms with Crippen molar-refractivity contribution < 1.29 is 9.53 Å². The fourth-order valence-electron chi connectivity index (χ4n) is 3.09. The van der Waals surface area contributed by atoms with E-state index in [1.54, 1.807) is 4.90 Å². The molecule has 0 saturated heterocycles. The standard InChI is InChI=1S/C24H22N2O2S/c1-17-7-6-10-20(13-17)28-16-23(27)26(15-19-8-4-3-5-9-19)24-25-21-12-11-18(2)14-22(21)29-24/h3-14H,15-16H2,1-2H3. The van der Waals surface area contributed by atoms with Crippen LogP contribution >= 0.6 is 11.3 Å². The Morgan fingerprint density at radius 2 is 1.76 bits per heavy atom. The minimum Gasteiger partial charge on any atom is -0.484 e. The van der Waals surface area contributed by atoms with Gasteiger partial charge >= 0.3 is 0 Å². The molecule has 0 aliphatic heterocycles. The molecule has 0 radical (unpaired) electrons. The first-order valence-electron chi connectivity index (χ1n) is 9.49. The number of fused-ring (bicyclic) bond motifs is 1. The Bertz CT molecular complexity index is 1140. The number of carbonyl (C=O) groups excluding carboxylic acids is 1. The van der Waals surface area contributed by atoms with Gasteiger partial charge in [0, 0.05) is 0 Å². The topological polar surface area (TPSA) is 42.4 Å². The number of thiazole rings is 1. The predicted molar refractivity (Wildman–Crippen MR) is 119 cm³/mol. The molecule has 3 aromatic carbocycles. The van der Waals surface area contributed by atoms with Gasteiger partial charge in [-0.05, 0) is 54.8 Å². The molecule has 0 N–H and O–H groups in total. The Hall–Kier alpha value is -3.18. The monoisotopic (exact) mass is 402 g/mol. The van der Waals surface area contributed by atoms with E-state index in [9.17, 15) is 4.79 Å². The molecule has 5 heteroatoms. The van der Waals surface area contributed by atoms with Crippen molar-refractivity contribution in [3.05, 3.63) is 89.5 Å². The third-order valence-corrected chi connectivity index (χ3v) is 5.64. The normalized spacial score (nSPS) is 10.8. The number of anilines is 1. The van der Waals surface area contributed by atoms with E-state index >= 15 is 0 Å². The maximum atomic E-state index is 13.1. The first-order chi connectivity index (χ1) is 14.1. The predicted octanol–water partition coefficient (Wildman–Crippen LogP) is 5.53. The van der Waals surface area contributed by atoms with Gasteiger partial charge in [0.05, 0.1) is 16.8 Å². The van der Waals surface area contributed by atoms with Gasteiger partial charge in [0.25, 0.3) is 5.91 Å². The largest absolute Gasteiger partial charge is 0.484 e. The molecule has 0 spiro atoms. The zero-order valence-electron chi connectivity index (χ0n) is 16.5. The minimum absolute atomic E-state index is 0.0365. The van der Waals surface area contributed by atoms with Crippen molar-refractivity contribution in [2.45, 2.75) is 20.4 Å². The molecule has 4 nitrogen and oxygen atoms in total. The molecule has 29 heavy (non-hydrogen) atoms. The summed E-state index contributed by atoms with van der Waals surface area (Å²) in [5, 5.41) is 0.687. The van der Waals surface area contributed by atoms with Gasteiger partial charge in [-0.15, -0.1) is 0 Å².